The van der Waals surface area contributed by atoms with Crippen molar-refractivity contribution in [1.29, 1.82) is 0 Å². The largest absolute Gasteiger partial charge is 0.355 e. The normalized spacial score (nSPS) is 19.2. The van der Waals surface area contributed by atoms with Crippen molar-refractivity contribution in [3.63, 3.8) is 0 Å². The van der Waals surface area contributed by atoms with Gasteiger partial charge in [-0.15, -0.1) is 0 Å². The summed E-state index contributed by atoms with van der Waals surface area (Å²) >= 11 is 1.62. The van der Waals surface area contributed by atoms with Gasteiger partial charge in [-0.3, -0.25) is 4.68 Å². The molecule has 1 fully saturated rings. The molecule has 33 heavy (non-hydrogen) atoms. The minimum absolute atomic E-state index is 0.0621. The van der Waals surface area contributed by atoms with Crippen LogP contribution < -0.4 is 10.6 Å². The van der Waals surface area contributed by atoms with Gasteiger partial charge in [-0.25, -0.2) is 15.0 Å². The number of nitrogens with two attached hydrogens (primary N) is 1. The Labute approximate surface area is 196 Å². The topological polar surface area (TPSA) is 90.7 Å². The molecular weight excluding hydrogens is 432 g/mol. The summed E-state index contributed by atoms with van der Waals surface area (Å²) in [7, 11) is 0. The van der Waals surface area contributed by atoms with E-state index in [0.29, 0.717) is 0 Å². The highest BCUT2D eigenvalue weighted by molar-refractivity contribution is 7.99. The molecule has 1 saturated heterocycles. The molecule has 2 aliphatic heterocycles. The molecule has 0 aromatic carbocycles. The maximum absolute atomic E-state index is 6.62. The quantitative estimate of drug-likeness (QED) is 0.499. The van der Waals surface area contributed by atoms with Crippen LogP contribution in [0.5, 0.6) is 0 Å². The number of aromatic nitrogens is 6. The van der Waals surface area contributed by atoms with Gasteiger partial charge in [-0.05, 0) is 44.0 Å². The lowest BCUT2D eigenvalue weighted by Crippen LogP contribution is -2.45. The molecule has 0 aliphatic carbocycles. The molecule has 4 aromatic heterocycles. The Kier molecular flexibility index (Phi) is 4.95. The summed E-state index contributed by atoms with van der Waals surface area (Å²) in [5, 5.41) is 5.32. The number of pyridine rings is 1. The Morgan fingerprint density at radius 3 is 2.58 bits per heavy atom. The van der Waals surface area contributed by atoms with Gasteiger partial charge in [-0.1, -0.05) is 11.8 Å². The molecule has 168 valence electrons. The molecule has 2 N–H and O–H groups in total. The van der Waals surface area contributed by atoms with Crippen LogP contribution in [0.4, 0.5) is 5.82 Å². The molecule has 0 bridgehead atoms. The lowest BCUT2D eigenvalue weighted by molar-refractivity contribution is 0.170. The van der Waals surface area contributed by atoms with Crippen LogP contribution in [-0.4, -0.2) is 42.4 Å². The van der Waals surface area contributed by atoms with Gasteiger partial charge in [0.1, 0.15) is 16.7 Å². The van der Waals surface area contributed by atoms with Crippen molar-refractivity contribution in [3.05, 3.63) is 72.7 Å². The average molecular weight is 459 g/mol. The number of anilines is 1. The maximum Gasteiger partial charge on any atom is 0.147 e. The molecule has 0 amide bonds. The number of hydrogen-bond donors (Lipinski definition) is 1. The van der Waals surface area contributed by atoms with Crippen molar-refractivity contribution in [2.45, 2.75) is 42.3 Å². The molecule has 4 aromatic rings. The summed E-state index contributed by atoms with van der Waals surface area (Å²) in [4.78, 5) is 17.4. The second-order valence-electron chi connectivity index (χ2n) is 8.90. The molecule has 2 aliphatic rings. The lowest BCUT2D eigenvalue weighted by Gasteiger charge is -2.41. The fraction of sp³-hybridized carbons (Fsp3) is 0.333. The predicted molar refractivity (Wildman–Crippen MR) is 127 cm³/mol. The molecule has 6 heterocycles. The maximum atomic E-state index is 6.62. The van der Waals surface area contributed by atoms with E-state index in [1.54, 1.807) is 11.8 Å². The standard InChI is InChI=1S/C24H26N8S/c1-17-19(5-8-26-23(17)31-10-2-3-11-31)33-21-15-27-20(14-28-21)30-12-6-24(7-13-30)16-32-18(22(24)25)4-9-29-32/h2-5,8-11,14-15,22H,6-7,12-13,16,25H2,1H3/t22-/m1/s1. The molecular formula is C24H26N8S. The number of rotatable bonds is 4. The van der Waals surface area contributed by atoms with Gasteiger partial charge in [-0.2, -0.15) is 5.10 Å². The summed E-state index contributed by atoms with van der Waals surface area (Å²) < 4.78 is 4.11. The van der Waals surface area contributed by atoms with Crippen LogP contribution in [0.1, 0.15) is 30.1 Å². The van der Waals surface area contributed by atoms with E-state index in [9.17, 15) is 0 Å². The number of hydrogen-bond acceptors (Lipinski definition) is 7. The first-order chi connectivity index (χ1) is 16.1. The molecule has 1 spiro atoms. The minimum Gasteiger partial charge on any atom is -0.355 e. The predicted octanol–water partition coefficient (Wildman–Crippen LogP) is 3.62. The van der Waals surface area contributed by atoms with Gasteiger partial charge in [0.05, 0.1) is 24.1 Å². The Morgan fingerprint density at radius 2 is 1.85 bits per heavy atom. The monoisotopic (exact) mass is 458 g/mol. The molecule has 0 radical (unpaired) electrons. The van der Waals surface area contributed by atoms with Crippen molar-refractivity contribution >= 4 is 17.6 Å². The lowest BCUT2D eigenvalue weighted by atomic mass is 9.73. The van der Waals surface area contributed by atoms with E-state index in [1.165, 1.54) is 0 Å². The molecule has 8 nitrogen and oxygen atoms in total. The van der Waals surface area contributed by atoms with Crippen LogP contribution in [-0.2, 0) is 6.54 Å². The summed E-state index contributed by atoms with van der Waals surface area (Å²) in [6, 6.07) is 8.15. The van der Waals surface area contributed by atoms with Crippen molar-refractivity contribution in [2.75, 3.05) is 18.0 Å². The van der Waals surface area contributed by atoms with E-state index in [4.69, 9.17) is 15.7 Å². The number of piperidine rings is 1. The SMILES string of the molecule is Cc1c(Sc2cnc(N3CCC4(CC3)Cn3nccc3[C@H]4N)cn2)ccnc1-n1cccc1. The molecule has 6 rings (SSSR count). The van der Waals surface area contributed by atoms with Crippen molar-refractivity contribution in [3.8, 4) is 5.82 Å². The summed E-state index contributed by atoms with van der Waals surface area (Å²) in [6.07, 6.45) is 13.5. The van der Waals surface area contributed by atoms with Crippen LogP contribution in [0.2, 0.25) is 0 Å². The van der Waals surface area contributed by atoms with Crippen LogP contribution in [0.15, 0.2) is 71.4 Å². The van der Waals surface area contributed by atoms with Crippen molar-refractivity contribution in [2.24, 2.45) is 11.1 Å². The summed E-state index contributed by atoms with van der Waals surface area (Å²) in [6.45, 7) is 4.88. The van der Waals surface area contributed by atoms with Crippen molar-refractivity contribution in [1.82, 2.24) is 29.3 Å². The highest BCUT2D eigenvalue weighted by Gasteiger charge is 2.46. The van der Waals surface area contributed by atoms with Gasteiger partial charge in [0.2, 0.25) is 0 Å². The minimum atomic E-state index is 0.0621. The highest BCUT2D eigenvalue weighted by Crippen LogP contribution is 2.47. The summed E-state index contributed by atoms with van der Waals surface area (Å²) in [5.74, 6) is 1.86. The van der Waals surface area contributed by atoms with Gasteiger partial charge >= 0.3 is 0 Å². The zero-order valence-corrected chi connectivity index (χ0v) is 19.3. The van der Waals surface area contributed by atoms with E-state index in [1.807, 2.05) is 59.9 Å². The molecule has 0 unspecified atom stereocenters. The molecule has 9 heteroatoms. The van der Waals surface area contributed by atoms with E-state index in [-0.39, 0.29) is 11.5 Å². The van der Waals surface area contributed by atoms with E-state index < -0.39 is 0 Å². The smallest absolute Gasteiger partial charge is 0.147 e. The average Bonchev–Trinajstić information content (AvgIpc) is 3.57. The Bertz CT molecular complexity index is 1260. The number of nitrogens with zero attached hydrogens (tertiary/aromatic N) is 7. The molecule has 0 saturated carbocycles. The fourth-order valence-electron chi connectivity index (χ4n) is 5.09. The first-order valence-electron chi connectivity index (χ1n) is 11.2. The van der Waals surface area contributed by atoms with Crippen LogP contribution in [0.3, 0.4) is 0 Å². The first kappa shape index (κ1) is 20.4. The fourth-order valence-corrected chi connectivity index (χ4v) is 5.90. The third kappa shape index (κ3) is 3.52. The Morgan fingerprint density at radius 1 is 1.03 bits per heavy atom. The third-order valence-corrected chi connectivity index (χ3v) is 8.16. The van der Waals surface area contributed by atoms with E-state index in [2.05, 4.69) is 32.7 Å². The van der Waals surface area contributed by atoms with Crippen LogP contribution in [0.25, 0.3) is 5.82 Å². The Hall–Kier alpha value is -3.17. The highest BCUT2D eigenvalue weighted by atomic mass is 32.2. The first-order valence-corrected chi connectivity index (χ1v) is 12.1. The van der Waals surface area contributed by atoms with Gasteiger partial charge in [0.25, 0.3) is 0 Å². The van der Waals surface area contributed by atoms with Gasteiger partial charge in [0.15, 0.2) is 0 Å². The zero-order valence-electron chi connectivity index (χ0n) is 18.5. The third-order valence-electron chi connectivity index (χ3n) is 7.08. The second kappa shape index (κ2) is 8.00. The zero-order chi connectivity index (χ0) is 22.4. The van der Waals surface area contributed by atoms with Crippen molar-refractivity contribution < 1.29 is 0 Å². The summed E-state index contributed by atoms with van der Waals surface area (Å²) in [5.41, 5.74) is 9.01. The molecule has 1 atom stereocenters. The van der Waals surface area contributed by atoms with Gasteiger partial charge < -0.3 is 15.2 Å². The van der Waals surface area contributed by atoms with E-state index in [0.717, 1.165) is 65.3 Å². The Balaban J connectivity index is 1.13. The van der Waals surface area contributed by atoms with Crippen LogP contribution >= 0.6 is 11.8 Å². The second-order valence-corrected chi connectivity index (χ2v) is 9.97. The number of fused-ring (bicyclic) bond motifs is 1. The van der Waals surface area contributed by atoms with Gasteiger partial charge in [0, 0.05) is 60.3 Å². The van der Waals surface area contributed by atoms with Crippen LogP contribution in [0, 0.1) is 12.3 Å². The van der Waals surface area contributed by atoms with E-state index >= 15 is 0 Å².